The topological polar surface area (TPSA) is 62.3 Å². The lowest BCUT2D eigenvalue weighted by atomic mass is 10.1. The van der Waals surface area contributed by atoms with Crippen LogP contribution in [0.25, 0.3) is 11.3 Å². The summed E-state index contributed by atoms with van der Waals surface area (Å²) in [6, 6.07) is 12.9. The second-order valence-electron chi connectivity index (χ2n) is 7.33. The van der Waals surface area contributed by atoms with Crippen molar-refractivity contribution in [2.45, 2.75) is 31.7 Å². The molecule has 0 unspecified atom stereocenters. The van der Waals surface area contributed by atoms with E-state index in [0.717, 1.165) is 62.4 Å². The van der Waals surface area contributed by atoms with Crippen LogP contribution >= 0.6 is 0 Å². The van der Waals surface area contributed by atoms with Crippen molar-refractivity contribution in [3.05, 3.63) is 36.4 Å². The number of hydrogen-bond acceptors (Lipinski definition) is 6. The van der Waals surface area contributed by atoms with Crippen molar-refractivity contribution in [1.82, 2.24) is 14.9 Å². The second kappa shape index (κ2) is 9.15. The summed E-state index contributed by atoms with van der Waals surface area (Å²) in [4.78, 5) is 11.9. The maximum absolute atomic E-state index is 5.42. The number of nitrogens with zero attached hydrogens (tertiary/aromatic N) is 3. The molecule has 1 aromatic heterocycles. The van der Waals surface area contributed by atoms with Gasteiger partial charge in [-0.05, 0) is 12.8 Å². The molecule has 0 radical (unpaired) electrons. The molecule has 4 rings (SSSR count). The van der Waals surface area contributed by atoms with Crippen LogP contribution in [0.1, 0.15) is 25.7 Å². The fourth-order valence-corrected chi connectivity index (χ4v) is 3.78. The average molecular weight is 367 g/mol. The number of aromatic nitrogens is 2. The van der Waals surface area contributed by atoms with E-state index in [-0.39, 0.29) is 0 Å². The Kier molecular flexibility index (Phi) is 6.17. The van der Waals surface area contributed by atoms with Crippen molar-refractivity contribution in [3.63, 3.8) is 0 Å². The van der Waals surface area contributed by atoms with E-state index in [0.29, 0.717) is 6.04 Å². The number of anilines is 2. The van der Waals surface area contributed by atoms with Gasteiger partial charge in [0, 0.05) is 43.9 Å². The molecular formula is C21H29N5O. The number of benzene rings is 1. The van der Waals surface area contributed by atoms with Gasteiger partial charge in [-0.2, -0.15) is 4.98 Å². The number of nitrogens with one attached hydrogen (secondary N) is 2. The molecule has 2 heterocycles. The van der Waals surface area contributed by atoms with Crippen molar-refractivity contribution in [2.75, 3.05) is 50.0 Å². The fourth-order valence-electron chi connectivity index (χ4n) is 3.78. The largest absolute Gasteiger partial charge is 0.379 e. The van der Waals surface area contributed by atoms with E-state index in [1.54, 1.807) is 0 Å². The van der Waals surface area contributed by atoms with Gasteiger partial charge in [0.15, 0.2) is 0 Å². The lowest BCUT2D eigenvalue weighted by Gasteiger charge is -2.26. The Hall–Kier alpha value is -2.18. The molecule has 1 saturated heterocycles. The third-order valence-electron chi connectivity index (χ3n) is 5.32. The van der Waals surface area contributed by atoms with Crippen molar-refractivity contribution < 1.29 is 4.74 Å². The zero-order valence-corrected chi connectivity index (χ0v) is 15.9. The Bertz CT molecular complexity index is 712. The Balaban J connectivity index is 1.46. The summed E-state index contributed by atoms with van der Waals surface area (Å²) in [7, 11) is 0. The minimum Gasteiger partial charge on any atom is -0.379 e. The molecule has 1 aromatic carbocycles. The molecule has 0 bridgehead atoms. The van der Waals surface area contributed by atoms with Crippen molar-refractivity contribution >= 4 is 11.8 Å². The van der Waals surface area contributed by atoms with Crippen LogP contribution in [-0.2, 0) is 4.74 Å². The predicted octanol–water partition coefficient (Wildman–Crippen LogP) is 3.24. The van der Waals surface area contributed by atoms with Crippen LogP contribution in [0.4, 0.5) is 11.8 Å². The minimum absolute atomic E-state index is 0.497. The molecule has 2 N–H and O–H groups in total. The third kappa shape index (κ3) is 5.17. The van der Waals surface area contributed by atoms with Gasteiger partial charge < -0.3 is 15.4 Å². The molecule has 0 spiro atoms. The van der Waals surface area contributed by atoms with Crippen LogP contribution in [0.2, 0.25) is 0 Å². The summed E-state index contributed by atoms with van der Waals surface area (Å²) < 4.78 is 5.42. The molecule has 0 amide bonds. The van der Waals surface area contributed by atoms with Crippen molar-refractivity contribution in [2.24, 2.45) is 0 Å². The molecule has 0 atom stereocenters. The standard InChI is InChI=1S/C21H29N5O/c1-2-6-17(7-3-1)19-16-20(22-10-11-26-12-14-27-15-13-26)25-21(24-19)23-18-8-4-5-9-18/h1-3,6-7,16,18H,4-5,8-15H2,(H2,22,23,24,25). The van der Waals surface area contributed by atoms with E-state index in [2.05, 4.69) is 33.7 Å². The SMILES string of the molecule is c1ccc(-c2cc(NCCN3CCOCC3)nc(NC3CCCC3)n2)cc1. The number of ether oxygens (including phenoxy) is 1. The van der Waals surface area contributed by atoms with Gasteiger partial charge in [0.25, 0.3) is 0 Å². The Morgan fingerprint density at radius 3 is 2.59 bits per heavy atom. The van der Waals surface area contributed by atoms with Gasteiger partial charge in [0.1, 0.15) is 5.82 Å². The van der Waals surface area contributed by atoms with Gasteiger partial charge in [-0.3, -0.25) is 4.90 Å². The van der Waals surface area contributed by atoms with Crippen LogP contribution in [-0.4, -0.2) is 60.3 Å². The second-order valence-corrected chi connectivity index (χ2v) is 7.33. The minimum atomic E-state index is 0.497. The van der Waals surface area contributed by atoms with Gasteiger partial charge in [0.2, 0.25) is 5.95 Å². The molecule has 2 aliphatic rings. The van der Waals surface area contributed by atoms with E-state index in [4.69, 9.17) is 14.7 Å². The van der Waals surface area contributed by atoms with E-state index < -0.39 is 0 Å². The van der Waals surface area contributed by atoms with Gasteiger partial charge in [-0.25, -0.2) is 4.98 Å². The van der Waals surface area contributed by atoms with Crippen LogP contribution in [0.5, 0.6) is 0 Å². The first-order valence-corrected chi connectivity index (χ1v) is 10.1. The molecule has 6 nitrogen and oxygen atoms in total. The summed E-state index contributed by atoms with van der Waals surface area (Å²) in [5.74, 6) is 1.62. The van der Waals surface area contributed by atoms with Gasteiger partial charge in [0.05, 0.1) is 18.9 Å². The van der Waals surface area contributed by atoms with Crippen molar-refractivity contribution in [3.8, 4) is 11.3 Å². The molecule has 1 aliphatic carbocycles. The maximum Gasteiger partial charge on any atom is 0.225 e. The summed E-state index contributed by atoms with van der Waals surface area (Å²) in [6.45, 7) is 5.56. The number of rotatable bonds is 7. The highest BCUT2D eigenvalue weighted by atomic mass is 16.5. The fraction of sp³-hybridized carbons (Fsp3) is 0.524. The van der Waals surface area contributed by atoms with Gasteiger partial charge in [-0.15, -0.1) is 0 Å². The highest BCUT2D eigenvalue weighted by molar-refractivity contribution is 5.64. The molecule has 27 heavy (non-hydrogen) atoms. The molecule has 2 aromatic rings. The number of morpholine rings is 1. The van der Waals surface area contributed by atoms with Crippen LogP contribution in [0.3, 0.4) is 0 Å². The zero-order chi connectivity index (χ0) is 18.3. The quantitative estimate of drug-likeness (QED) is 0.783. The lowest BCUT2D eigenvalue weighted by Crippen LogP contribution is -2.39. The van der Waals surface area contributed by atoms with E-state index >= 15 is 0 Å². The number of hydrogen-bond donors (Lipinski definition) is 2. The first-order chi connectivity index (χ1) is 13.4. The van der Waals surface area contributed by atoms with E-state index in [1.165, 1.54) is 25.7 Å². The van der Waals surface area contributed by atoms with Gasteiger partial charge >= 0.3 is 0 Å². The smallest absolute Gasteiger partial charge is 0.225 e. The maximum atomic E-state index is 5.42. The molecule has 1 aliphatic heterocycles. The Labute approximate surface area is 161 Å². The predicted molar refractivity (Wildman–Crippen MR) is 109 cm³/mol. The average Bonchev–Trinajstić information content (AvgIpc) is 3.22. The van der Waals surface area contributed by atoms with E-state index in [9.17, 15) is 0 Å². The summed E-state index contributed by atoms with van der Waals surface area (Å²) in [5, 5.41) is 7.04. The summed E-state index contributed by atoms with van der Waals surface area (Å²) in [5.41, 5.74) is 2.07. The normalized spacial score (nSPS) is 18.5. The Morgan fingerprint density at radius 1 is 1.04 bits per heavy atom. The highest BCUT2D eigenvalue weighted by Gasteiger charge is 2.17. The van der Waals surface area contributed by atoms with Crippen LogP contribution in [0.15, 0.2) is 36.4 Å². The zero-order valence-electron chi connectivity index (χ0n) is 15.9. The summed E-state index contributed by atoms with van der Waals surface area (Å²) >= 11 is 0. The monoisotopic (exact) mass is 367 g/mol. The van der Waals surface area contributed by atoms with Crippen molar-refractivity contribution in [1.29, 1.82) is 0 Å². The first kappa shape index (κ1) is 18.2. The van der Waals surface area contributed by atoms with Crippen LogP contribution < -0.4 is 10.6 Å². The van der Waals surface area contributed by atoms with Crippen LogP contribution in [0, 0.1) is 0 Å². The van der Waals surface area contributed by atoms with E-state index in [1.807, 2.05) is 18.2 Å². The summed E-state index contributed by atoms with van der Waals surface area (Å²) in [6.07, 6.45) is 5.00. The lowest BCUT2D eigenvalue weighted by molar-refractivity contribution is 0.0398. The molecule has 2 fully saturated rings. The Morgan fingerprint density at radius 2 is 1.81 bits per heavy atom. The molecule has 144 valence electrons. The molecular weight excluding hydrogens is 338 g/mol. The molecule has 6 heteroatoms. The first-order valence-electron chi connectivity index (χ1n) is 10.1. The highest BCUT2D eigenvalue weighted by Crippen LogP contribution is 2.24. The third-order valence-corrected chi connectivity index (χ3v) is 5.32. The molecule has 1 saturated carbocycles. The van der Waals surface area contributed by atoms with Gasteiger partial charge in [-0.1, -0.05) is 43.2 Å².